The number of ketones is 1. The number of likely N-dealkylation sites (tertiary alicyclic amines) is 1. The molecule has 0 N–H and O–H groups in total. The van der Waals surface area contributed by atoms with Crippen molar-refractivity contribution in [3.8, 4) is 0 Å². The molecule has 0 spiro atoms. The van der Waals surface area contributed by atoms with Crippen molar-refractivity contribution in [1.29, 1.82) is 0 Å². The molecule has 0 radical (unpaired) electrons. The molecule has 0 aliphatic carbocycles. The summed E-state index contributed by atoms with van der Waals surface area (Å²) in [5.74, 6) is -0.328. The molecule has 0 bridgehead atoms. The van der Waals surface area contributed by atoms with Crippen LogP contribution in [0.1, 0.15) is 96.7 Å². The maximum absolute atomic E-state index is 13.8. The van der Waals surface area contributed by atoms with Gasteiger partial charge in [-0.25, -0.2) is 9.18 Å². The summed E-state index contributed by atoms with van der Waals surface area (Å²) in [6, 6.07) is 14.9. The van der Waals surface area contributed by atoms with Gasteiger partial charge < -0.3 is 14.4 Å². The highest BCUT2D eigenvalue weighted by Gasteiger charge is 2.34. The number of halogens is 2. The molecular formula is C43H53ClFN3O5. The van der Waals surface area contributed by atoms with Crippen molar-refractivity contribution < 1.29 is 28.2 Å². The van der Waals surface area contributed by atoms with Crippen LogP contribution < -0.4 is 0 Å². The van der Waals surface area contributed by atoms with Gasteiger partial charge in [0.05, 0.1) is 18.1 Å². The summed E-state index contributed by atoms with van der Waals surface area (Å²) >= 11 is 6.10. The lowest BCUT2D eigenvalue weighted by Crippen LogP contribution is -2.43. The van der Waals surface area contributed by atoms with Gasteiger partial charge in [-0.3, -0.25) is 19.6 Å². The van der Waals surface area contributed by atoms with Gasteiger partial charge in [0.1, 0.15) is 17.2 Å². The summed E-state index contributed by atoms with van der Waals surface area (Å²) in [7, 11) is 0. The van der Waals surface area contributed by atoms with E-state index in [1.165, 1.54) is 6.07 Å². The quantitative estimate of drug-likeness (QED) is 0.101. The van der Waals surface area contributed by atoms with E-state index >= 15 is 0 Å². The van der Waals surface area contributed by atoms with Gasteiger partial charge >= 0.3 is 12.1 Å². The lowest BCUT2D eigenvalue weighted by Gasteiger charge is -2.34. The molecule has 2 unspecified atom stereocenters. The minimum atomic E-state index is -0.549. The lowest BCUT2D eigenvalue weighted by atomic mass is 9.84. The Morgan fingerprint density at radius 1 is 0.981 bits per heavy atom. The lowest BCUT2D eigenvalue weighted by molar-refractivity contribution is -0.145. The molecule has 1 fully saturated rings. The van der Waals surface area contributed by atoms with E-state index in [0.717, 1.165) is 65.4 Å². The monoisotopic (exact) mass is 745 g/mol. The summed E-state index contributed by atoms with van der Waals surface area (Å²) in [6.45, 7) is 8.98. The Kier molecular flexibility index (Phi) is 14.2. The van der Waals surface area contributed by atoms with E-state index in [1.54, 1.807) is 11.0 Å². The second-order valence-electron chi connectivity index (χ2n) is 15.5. The van der Waals surface area contributed by atoms with Crippen LogP contribution in [-0.4, -0.2) is 58.7 Å². The average molecular weight is 746 g/mol. The minimum Gasteiger partial charge on any atom is -0.465 e. The molecule has 1 aromatic heterocycles. The van der Waals surface area contributed by atoms with Crippen LogP contribution in [0.2, 0.25) is 5.02 Å². The number of nitrogens with zero attached hydrogens (tertiary/aromatic N) is 3. The maximum Gasteiger partial charge on any atom is 0.410 e. The smallest absolute Gasteiger partial charge is 0.410 e. The number of piperidine rings is 1. The predicted octanol–water partition coefficient (Wildman–Crippen LogP) is 9.89. The summed E-state index contributed by atoms with van der Waals surface area (Å²) in [4.78, 5) is 49.8. The van der Waals surface area contributed by atoms with E-state index in [-0.39, 0.29) is 53.6 Å². The standard InChI is InChI=1S/C43H53ClFN3O5/c1-29(39(49)15-8-7-10-31-13-9-14-37(45)41(31)44)16-17-30(28-52-40(50)21-19-35-24-32-11-5-6-12-33(32)25-46-35)18-20-38-36-22-23-48(27-34(36)26-47-38)42(51)53-43(2,3)4/h5-6,9,11-14,24-26,29-30,36H,7-8,10,15-23,27-28H2,1-4H3/t29?,30-,36?/m0/s1. The third-order valence-electron chi connectivity index (χ3n) is 10.2. The van der Waals surface area contributed by atoms with Crippen molar-refractivity contribution >= 4 is 45.9 Å². The number of hydrogen-bond acceptors (Lipinski definition) is 7. The number of hydrogen-bond donors (Lipinski definition) is 0. The van der Waals surface area contributed by atoms with E-state index in [2.05, 4.69) is 4.98 Å². The van der Waals surface area contributed by atoms with Crippen LogP contribution in [0.3, 0.4) is 0 Å². The van der Waals surface area contributed by atoms with Crippen LogP contribution in [0.5, 0.6) is 0 Å². The Bertz CT molecular complexity index is 1820. The van der Waals surface area contributed by atoms with Gasteiger partial charge in [-0.05, 0) is 107 Å². The van der Waals surface area contributed by atoms with Gasteiger partial charge in [-0.1, -0.05) is 54.9 Å². The Labute approximate surface area is 318 Å². The molecule has 10 heteroatoms. The fourth-order valence-electron chi connectivity index (χ4n) is 7.06. The second-order valence-corrected chi connectivity index (χ2v) is 15.9. The van der Waals surface area contributed by atoms with Crippen molar-refractivity contribution in [1.82, 2.24) is 9.88 Å². The molecule has 53 heavy (non-hydrogen) atoms. The van der Waals surface area contributed by atoms with E-state index in [9.17, 15) is 18.8 Å². The molecule has 284 valence electrons. The number of esters is 1. The Hall–Kier alpha value is -4.11. The van der Waals surface area contributed by atoms with E-state index < -0.39 is 11.4 Å². The SMILES string of the molecule is CC(CC[C@@H](CCC1=NC=C2CN(C(=O)OC(C)(C)C)CCC21)COC(=O)CCc1cc2ccccc2cn1)C(=O)CCCCc1cccc(F)c1Cl. The fraction of sp³-hybridized carbons (Fsp3) is 0.512. The molecule has 8 nitrogen and oxygen atoms in total. The number of aromatic nitrogens is 1. The van der Waals surface area contributed by atoms with Crippen LogP contribution >= 0.6 is 11.6 Å². The Morgan fingerprint density at radius 3 is 2.57 bits per heavy atom. The third-order valence-corrected chi connectivity index (χ3v) is 10.7. The first-order valence-electron chi connectivity index (χ1n) is 19.0. The number of rotatable bonds is 17. The van der Waals surface area contributed by atoms with E-state index in [4.69, 9.17) is 26.1 Å². The van der Waals surface area contributed by atoms with Crippen LogP contribution in [0.15, 0.2) is 71.5 Å². The fourth-order valence-corrected chi connectivity index (χ4v) is 7.28. The molecule has 1 amide bonds. The normalized spacial score (nSPS) is 16.8. The number of pyridine rings is 1. The Balaban J connectivity index is 1.11. The van der Waals surface area contributed by atoms with Crippen LogP contribution in [0.25, 0.3) is 10.8 Å². The highest BCUT2D eigenvalue weighted by Crippen LogP contribution is 2.33. The molecular weight excluding hydrogens is 693 g/mol. The molecule has 2 aromatic carbocycles. The molecule has 5 rings (SSSR count). The number of carbonyl (C=O) groups excluding carboxylic acids is 3. The van der Waals surface area contributed by atoms with Gasteiger partial charge in [0.25, 0.3) is 0 Å². The summed E-state index contributed by atoms with van der Waals surface area (Å²) < 4.78 is 25.2. The van der Waals surface area contributed by atoms with Gasteiger partial charge in [0.2, 0.25) is 0 Å². The summed E-state index contributed by atoms with van der Waals surface area (Å²) in [6.07, 6.45) is 10.5. The summed E-state index contributed by atoms with van der Waals surface area (Å²) in [5, 5.41) is 2.31. The van der Waals surface area contributed by atoms with Gasteiger partial charge in [-0.15, -0.1) is 0 Å². The zero-order valence-corrected chi connectivity index (χ0v) is 32.3. The van der Waals surface area contributed by atoms with Gasteiger partial charge in [-0.2, -0.15) is 0 Å². The summed E-state index contributed by atoms with van der Waals surface area (Å²) in [5.41, 5.74) is 3.29. The van der Waals surface area contributed by atoms with Crippen LogP contribution in [0, 0.1) is 23.6 Å². The largest absolute Gasteiger partial charge is 0.465 e. The molecule has 2 aliphatic rings. The number of amides is 1. The zero-order chi connectivity index (χ0) is 38.0. The number of carbonyl (C=O) groups is 3. The number of ether oxygens (including phenoxy) is 2. The third kappa shape index (κ3) is 11.9. The molecule has 1 saturated heterocycles. The average Bonchev–Trinajstić information content (AvgIpc) is 3.55. The van der Waals surface area contributed by atoms with Crippen LogP contribution in [-0.2, 0) is 31.9 Å². The van der Waals surface area contributed by atoms with E-state index in [0.29, 0.717) is 45.2 Å². The highest BCUT2D eigenvalue weighted by molar-refractivity contribution is 6.31. The molecule has 3 heterocycles. The number of aryl methyl sites for hydroxylation is 2. The highest BCUT2D eigenvalue weighted by atomic mass is 35.5. The van der Waals surface area contributed by atoms with Crippen molar-refractivity contribution in [2.24, 2.45) is 22.7 Å². The van der Waals surface area contributed by atoms with Crippen LogP contribution in [0.4, 0.5) is 9.18 Å². The second kappa shape index (κ2) is 18.8. The maximum atomic E-state index is 13.8. The predicted molar refractivity (Wildman–Crippen MR) is 208 cm³/mol. The van der Waals surface area contributed by atoms with Crippen molar-refractivity contribution in [2.75, 3.05) is 19.7 Å². The number of fused-ring (bicyclic) bond motifs is 2. The molecule has 3 atom stereocenters. The zero-order valence-electron chi connectivity index (χ0n) is 31.5. The van der Waals surface area contributed by atoms with Gasteiger partial charge in [0.15, 0.2) is 0 Å². The first kappa shape index (κ1) is 40.1. The number of benzene rings is 2. The number of Topliss-reactive ketones (excluding diaryl/α,β-unsaturated/α-hetero) is 1. The molecule has 3 aromatic rings. The molecule has 2 aliphatic heterocycles. The first-order chi connectivity index (χ1) is 25.4. The topological polar surface area (TPSA) is 98.2 Å². The van der Waals surface area contributed by atoms with Gasteiger partial charge in [0, 0.05) is 67.0 Å². The number of aliphatic imine (C=N–C) groups is 1. The van der Waals surface area contributed by atoms with Crippen molar-refractivity contribution in [3.05, 3.63) is 88.6 Å². The van der Waals surface area contributed by atoms with Crippen molar-refractivity contribution in [3.63, 3.8) is 0 Å². The van der Waals surface area contributed by atoms with Crippen molar-refractivity contribution in [2.45, 2.75) is 104 Å². The first-order valence-corrected chi connectivity index (χ1v) is 19.4. The number of unbranched alkanes of at least 4 members (excludes halogenated alkanes) is 1. The minimum absolute atomic E-state index is 0.0664. The Morgan fingerprint density at radius 2 is 1.77 bits per heavy atom. The molecule has 0 saturated carbocycles. The van der Waals surface area contributed by atoms with E-state index in [1.807, 2.05) is 76.5 Å².